The molecule has 1 aromatic rings. The lowest BCUT2D eigenvalue weighted by molar-refractivity contribution is 0.0952. The lowest BCUT2D eigenvalue weighted by Crippen LogP contribution is -2.44. The third-order valence-electron chi connectivity index (χ3n) is 3.89. The second-order valence-corrected chi connectivity index (χ2v) is 5.57. The molecule has 0 unspecified atom stereocenters. The highest BCUT2D eigenvalue weighted by Crippen LogP contribution is 2.10. The van der Waals surface area contributed by atoms with Crippen molar-refractivity contribution in [1.82, 2.24) is 20.5 Å². The minimum atomic E-state index is -0.0531. The van der Waals surface area contributed by atoms with Gasteiger partial charge in [0.15, 0.2) is 0 Å². The summed E-state index contributed by atoms with van der Waals surface area (Å²) in [6, 6.07) is 4.14. The second-order valence-electron chi connectivity index (χ2n) is 5.57. The predicted octanol–water partition coefficient (Wildman–Crippen LogP) is 1.28. The SMILES string of the molecule is CCCN1CCC(NCCNC(=O)c2cccnc2)CC1. The third kappa shape index (κ3) is 5.44. The average molecular weight is 290 g/mol. The molecule has 0 aromatic carbocycles. The van der Waals surface area contributed by atoms with E-state index >= 15 is 0 Å². The van der Waals surface area contributed by atoms with Crippen molar-refractivity contribution in [1.29, 1.82) is 0 Å². The number of carbonyl (C=O) groups excluding carboxylic acids is 1. The molecule has 116 valence electrons. The fraction of sp³-hybridized carbons (Fsp3) is 0.625. The molecular formula is C16H26N4O. The quantitative estimate of drug-likeness (QED) is 0.743. The Hall–Kier alpha value is -1.46. The molecule has 0 aliphatic carbocycles. The van der Waals surface area contributed by atoms with Crippen LogP contribution in [-0.2, 0) is 0 Å². The maximum Gasteiger partial charge on any atom is 0.252 e. The van der Waals surface area contributed by atoms with E-state index in [1.807, 2.05) is 0 Å². The molecule has 1 aromatic heterocycles. The summed E-state index contributed by atoms with van der Waals surface area (Å²) < 4.78 is 0. The van der Waals surface area contributed by atoms with Crippen molar-refractivity contribution in [3.63, 3.8) is 0 Å². The van der Waals surface area contributed by atoms with Crippen LogP contribution in [0.5, 0.6) is 0 Å². The van der Waals surface area contributed by atoms with Gasteiger partial charge in [-0.3, -0.25) is 9.78 Å². The number of nitrogens with zero attached hydrogens (tertiary/aromatic N) is 2. The van der Waals surface area contributed by atoms with E-state index in [0.29, 0.717) is 18.2 Å². The Labute approximate surface area is 127 Å². The van der Waals surface area contributed by atoms with Crippen LogP contribution in [0.3, 0.4) is 0 Å². The first kappa shape index (κ1) is 15.9. The molecule has 0 radical (unpaired) electrons. The highest BCUT2D eigenvalue weighted by atomic mass is 16.1. The fourth-order valence-corrected chi connectivity index (χ4v) is 2.73. The van der Waals surface area contributed by atoms with E-state index in [9.17, 15) is 4.79 Å². The van der Waals surface area contributed by atoms with E-state index in [0.717, 1.165) is 6.54 Å². The van der Waals surface area contributed by atoms with Crippen LogP contribution in [0.4, 0.5) is 0 Å². The first-order valence-corrected chi connectivity index (χ1v) is 7.93. The van der Waals surface area contributed by atoms with Crippen molar-refractivity contribution in [2.75, 3.05) is 32.7 Å². The number of hydrogen-bond acceptors (Lipinski definition) is 4. The van der Waals surface area contributed by atoms with Crippen LogP contribution < -0.4 is 10.6 Å². The minimum absolute atomic E-state index is 0.0531. The molecule has 2 heterocycles. The number of rotatable bonds is 7. The first-order valence-electron chi connectivity index (χ1n) is 7.93. The molecule has 0 bridgehead atoms. The molecule has 5 nitrogen and oxygen atoms in total. The molecule has 0 atom stereocenters. The summed E-state index contributed by atoms with van der Waals surface area (Å²) >= 11 is 0. The summed E-state index contributed by atoms with van der Waals surface area (Å²) in [6.45, 7) is 7.30. The molecule has 2 N–H and O–H groups in total. The highest BCUT2D eigenvalue weighted by Gasteiger charge is 2.17. The number of carbonyl (C=O) groups is 1. The molecule has 2 rings (SSSR count). The Morgan fingerprint density at radius 1 is 1.38 bits per heavy atom. The summed E-state index contributed by atoms with van der Waals surface area (Å²) in [7, 11) is 0. The summed E-state index contributed by atoms with van der Waals surface area (Å²) in [6.07, 6.45) is 6.90. The zero-order chi connectivity index (χ0) is 14.9. The van der Waals surface area contributed by atoms with Crippen molar-refractivity contribution in [3.8, 4) is 0 Å². The van der Waals surface area contributed by atoms with Crippen molar-refractivity contribution in [2.24, 2.45) is 0 Å². The van der Waals surface area contributed by atoms with Gasteiger partial charge in [0.2, 0.25) is 0 Å². The van der Waals surface area contributed by atoms with Gasteiger partial charge in [0.05, 0.1) is 5.56 Å². The van der Waals surface area contributed by atoms with E-state index in [1.165, 1.54) is 38.9 Å². The lowest BCUT2D eigenvalue weighted by atomic mass is 10.0. The van der Waals surface area contributed by atoms with Gasteiger partial charge in [0.1, 0.15) is 0 Å². The van der Waals surface area contributed by atoms with E-state index in [4.69, 9.17) is 0 Å². The van der Waals surface area contributed by atoms with Crippen LogP contribution in [0.1, 0.15) is 36.5 Å². The Kier molecular flexibility index (Phi) is 6.63. The summed E-state index contributed by atoms with van der Waals surface area (Å²) in [5.41, 5.74) is 0.616. The molecule has 5 heteroatoms. The Morgan fingerprint density at radius 2 is 2.19 bits per heavy atom. The predicted molar refractivity (Wildman–Crippen MR) is 84.3 cm³/mol. The lowest BCUT2D eigenvalue weighted by Gasteiger charge is -2.32. The van der Waals surface area contributed by atoms with Gasteiger partial charge in [-0.05, 0) is 51.0 Å². The smallest absolute Gasteiger partial charge is 0.252 e. The van der Waals surface area contributed by atoms with Gasteiger partial charge in [0, 0.05) is 31.5 Å². The Bertz CT molecular complexity index is 416. The molecule has 21 heavy (non-hydrogen) atoms. The minimum Gasteiger partial charge on any atom is -0.351 e. The maximum atomic E-state index is 11.8. The van der Waals surface area contributed by atoms with E-state index in [-0.39, 0.29) is 5.91 Å². The Balaban J connectivity index is 1.57. The van der Waals surface area contributed by atoms with Crippen LogP contribution in [0, 0.1) is 0 Å². The van der Waals surface area contributed by atoms with Gasteiger partial charge in [-0.25, -0.2) is 0 Å². The number of piperidine rings is 1. The van der Waals surface area contributed by atoms with Crippen molar-refractivity contribution in [2.45, 2.75) is 32.2 Å². The number of aromatic nitrogens is 1. The molecule has 1 saturated heterocycles. The van der Waals surface area contributed by atoms with Gasteiger partial charge in [-0.1, -0.05) is 6.92 Å². The first-order chi connectivity index (χ1) is 10.3. The van der Waals surface area contributed by atoms with Crippen molar-refractivity contribution in [3.05, 3.63) is 30.1 Å². The third-order valence-corrected chi connectivity index (χ3v) is 3.89. The maximum absolute atomic E-state index is 11.8. The van der Waals surface area contributed by atoms with Crippen molar-refractivity contribution >= 4 is 5.91 Å². The van der Waals surface area contributed by atoms with Gasteiger partial charge in [0.25, 0.3) is 5.91 Å². The monoisotopic (exact) mass is 290 g/mol. The van der Waals surface area contributed by atoms with Crippen LogP contribution in [0.15, 0.2) is 24.5 Å². The molecular weight excluding hydrogens is 264 g/mol. The molecule has 1 fully saturated rings. The standard InChI is InChI=1S/C16H26N4O/c1-2-10-20-11-5-15(6-12-20)18-8-9-19-16(21)14-4-3-7-17-13-14/h3-4,7,13,15,18H,2,5-6,8-12H2,1H3,(H,19,21). The molecule has 0 spiro atoms. The fourth-order valence-electron chi connectivity index (χ4n) is 2.73. The highest BCUT2D eigenvalue weighted by molar-refractivity contribution is 5.93. The second kappa shape index (κ2) is 8.74. The normalized spacial score (nSPS) is 16.8. The topological polar surface area (TPSA) is 57.3 Å². The number of amides is 1. The van der Waals surface area contributed by atoms with Gasteiger partial charge in [-0.15, -0.1) is 0 Å². The van der Waals surface area contributed by atoms with Crippen LogP contribution >= 0.6 is 0 Å². The zero-order valence-electron chi connectivity index (χ0n) is 12.8. The summed E-state index contributed by atoms with van der Waals surface area (Å²) in [4.78, 5) is 18.3. The summed E-state index contributed by atoms with van der Waals surface area (Å²) in [5, 5.41) is 6.45. The van der Waals surface area contributed by atoms with Crippen LogP contribution in [0.25, 0.3) is 0 Å². The van der Waals surface area contributed by atoms with Gasteiger partial charge >= 0.3 is 0 Å². The average Bonchev–Trinajstić information content (AvgIpc) is 2.54. The van der Waals surface area contributed by atoms with E-state index < -0.39 is 0 Å². The van der Waals surface area contributed by atoms with Gasteiger partial charge in [-0.2, -0.15) is 0 Å². The zero-order valence-corrected chi connectivity index (χ0v) is 12.8. The number of nitrogens with one attached hydrogen (secondary N) is 2. The van der Waals surface area contributed by atoms with E-state index in [1.54, 1.807) is 24.5 Å². The van der Waals surface area contributed by atoms with Crippen LogP contribution in [-0.4, -0.2) is 54.6 Å². The van der Waals surface area contributed by atoms with Gasteiger partial charge < -0.3 is 15.5 Å². The number of hydrogen-bond donors (Lipinski definition) is 2. The molecule has 1 aliphatic heterocycles. The van der Waals surface area contributed by atoms with Crippen LogP contribution in [0.2, 0.25) is 0 Å². The molecule has 0 saturated carbocycles. The Morgan fingerprint density at radius 3 is 2.86 bits per heavy atom. The summed E-state index contributed by atoms with van der Waals surface area (Å²) in [5.74, 6) is -0.0531. The number of pyridine rings is 1. The van der Waals surface area contributed by atoms with E-state index in [2.05, 4.69) is 27.4 Å². The largest absolute Gasteiger partial charge is 0.351 e. The van der Waals surface area contributed by atoms with Crippen molar-refractivity contribution < 1.29 is 4.79 Å². The number of likely N-dealkylation sites (tertiary alicyclic amines) is 1. The molecule has 1 amide bonds. The molecule has 1 aliphatic rings.